The number of carbonyl (C=O) groups excluding carboxylic acids is 1. The first-order chi connectivity index (χ1) is 14.7. The SMILES string of the molecule is C=CCn1nc(C(=O)N2CCSCC2)c2c1CCC(NCCc1ccc(F)cc1)C2. The molecule has 1 aliphatic carbocycles. The van der Waals surface area contributed by atoms with Gasteiger partial charge in [-0.15, -0.1) is 6.58 Å². The van der Waals surface area contributed by atoms with Crippen LogP contribution in [0, 0.1) is 5.82 Å². The number of nitrogens with one attached hydrogen (secondary N) is 1. The molecule has 30 heavy (non-hydrogen) atoms. The summed E-state index contributed by atoms with van der Waals surface area (Å²) < 4.78 is 15.0. The number of allylic oxidation sites excluding steroid dienone is 1. The zero-order chi connectivity index (χ0) is 20.9. The molecule has 2 aromatic rings. The number of aromatic nitrogens is 2. The van der Waals surface area contributed by atoms with Crippen LogP contribution < -0.4 is 5.32 Å². The van der Waals surface area contributed by atoms with E-state index in [2.05, 4.69) is 11.9 Å². The van der Waals surface area contributed by atoms with Crippen LogP contribution >= 0.6 is 11.8 Å². The van der Waals surface area contributed by atoms with Gasteiger partial charge in [-0.25, -0.2) is 4.39 Å². The lowest BCUT2D eigenvalue weighted by atomic mass is 9.91. The van der Waals surface area contributed by atoms with Crippen molar-refractivity contribution in [1.82, 2.24) is 20.0 Å². The predicted molar refractivity (Wildman–Crippen MR) is 120 cm³/mol. The molecule has 5 nitrogen and oxygen atoms in total. The van der Waals surface area contributed by atoms with Crippen LogP contribution in [0.4, 0.5) is 4.39 Å². The van der Waals surface area contributed by atoms with E-state index < -0.39 is 0 Å². The van der Waals surface area contributed by atoms with Gasteiger partial charge >= 0.3 is 0 Å². The maximum atomic E-state index is 13.2. The lowest BCUT2D eigenvalue weighted by Crippen LogP contribution is -2.40. The summed E-state index contributed by atoms with van der Waals surface area (Å²) in [5, 5.41) is 8.34. The van der Waals surface area contributed by atoms with E-state index in [0.29, 0.717) is 18.3 Å². The van der Waals surface area contributed by atoms with Crippen molar-refractivity contribution in [2.75, 3.05) is 31.1 Å². The van der Waals surface area contributed by atoms with Gasteiger partial charge in [0.2, 0.25) is 0 Å². The number of rotatable bonds is 7. The van der Waals surface area contributed by atoms with Gasteiger partial charge < -0.3 is 10.2 Å². The maximum Gasteiger partial charge on any atom is 0.274 e. The van der Waals surface area contributed by atoms with Crippen LogP contribution in [-0.2, 0) is 25.8 Å². The third kappa shape index (κ3) is 4.78. The Morgan fingerprint density at radius 2 is 2.07 bits per heavy atom. The highest BCUT2D eigenvalue weighted by atomic mass is 32.2. The summed E-state index contributed by atoms with van der Waals surface area (Å²) in [4.78, 5) is 15.1. The van der Waals surface area contributed by atoms with Crippen molar-refractivity contribution in [3.05, 3.63) is 65.3 Å². The quantitative estimate of drug-likeness (QED) is 0.689. The number of amides is 1. The second-order valence-corrected chi connectivity index (χ2v) is 9.14. The normalized spacial score (nSPS) is 18.8. The third-order valence-corrected chi connectivity index (χ3v) is 6.85. The molecule has 1 N–H and O–H groups in total. The van der Waals surface area contributed by atoms with Crippen molar-refractivity contribution in [3.8, 4) is 0 Å². The molecule has 0 bridgehead atoms. The summed E-state index contributed by atoms with van der Waals surface area (Å²) in [5.74, 6) is 1.86. The Morgan fingerprint density at radius 3 is 2.80 bits per heavy atom. The summed E-state index contributed by atoms with van der Waals surface area (Å²) in [6.45, 7) is 6.90. The molecule has 0 saturated carbocycles. The van der Waals surface area contributed by atoms with E-state index in [0.717, 1.165) is 68.0 Å². The third-order valence-electron chi connectivity index (χ3n) is 5.91. The average Bonchev–Trinajstić information content (AvgIpc) is 3.13. The van der Waals surface area contributed by atoms with Crippen LogP contribution in [0.2, 0.25) is 0 Å². The molecule has 1 saturated heterocycles. The Morgan fingerprint density at radius 1 is 1.30 bits per heavy atom. The fourth-order valence-corrected chi connectivity index (χ4v) is 5.20. The van der Waals surface area contributed by atoms with Gasteiger partial charge in [-0.05, 0) is 49.9 Å². The molecule has 1 aromatic heterocycles. The van der Waals surface area contributed by atoms with E-state index >= 15 is 0 Å². The van der Waals surface area contributed by atoms with Gasteiger partial charge in [-0.2, -0.15) is 16.9 Å². The summed E-state index contributed by atoms with van der Waals surface area (Å²) >= 11 is 1.90. The molecule has 160 valence electrons. The van der Waals surface area contributed by atoms with Gasteiger partial charge in [0, 0.05) is 41.9 Å². The van der Waals surface area contributed by atoms with Crippen molar-refractivity contribution in [3.63, 3.8) is 0 Å². The van der Waals surface area contributed by atoms with Gasteiger partial charge in [0.25, 0.3) is 5.91 Å². The molecule has 4 rings (SSSR count). The van der Waals surface area contributed by atoms with Gasteiger partial charge in [0.05, 0.1) is 6.54 Å². The highest BCUT2D eigenvalue weighted by molar-refractivity contribution is 7.99. The molecule has 1 fully saturated rings. The molecule has 2 aliphatic rings. The lowest BCUT2D eigenvalue weighted by molar-refractivity contribution is 0.0764. The minimum Gasteiger partial charge on any atom is -0.336 e. The standard InChI is InChI=1S/C23H29FN4OS/c1-2-11-28-21-8-7-19(25-10-9-17-3-5-18(24)6-4-17)16-20(21)22(26-28)23(29)27-12-14-30-15-13-27/h2-6,19,25H,1,7-16H2. The van der Waals surface area contributed by atoms with E-state index in [1.165, 1.54) is 17.8 Å². The fraction of sp³-hybridized carbons (Fsp3) is 0.478. The van der Waals surface area contributed by atoms with E-state index in [9.17, 15) is 9.18 Å². The van der Waals surface area contributed by atoms with E-state index in [1.807, 2.05) is 39.6 Å². The monoisotopic (exact) mass is 428 g/mol. The molecular formula is C23H29FN4OS. The number of benzene rings is 1. The van der Waals surface area contributed by atoms with E-state index in [1.54, 1.807) is 0 Å². The van der Waals surface area contributed by atoms with Crippen molar-refractivity contribution >= 4 is 17.7 Å². The Kier molecular flexibility index (Phi) is 6.89. The number of halogens is 1. The number of carbonyl (C=O) groups is 1. The second-order valence-electron chi connectivity index (χ2n) is 7.92. The summed E-state index contributed by atoms with van der Waals surface area (Å²) in [6.07, 6.45) is 5.45. The Labute approximate surface area is 181 Å². The zero-order valence-corrected chi connectivity index (χ0v) is 18.1. The molecule has 1 aliphatic heterocycles. The minimum atomic E-state index is -0.201. The number of thioether (sulfide) groups is 1. The summed E-state index contributed by atoms with van der Waals surface area (Å²) in [7, 11) is 0. The van der Waals surface area contributed by atoms with E-state index in [-0.39, 0.29) is 11.7 Å². The van der Waals surface area contributed by atoms with Gasteiger partial charge in [-0.1, -0.05) is 18.2 Å². The van der Waals surface area contributed by atoms with Crippen LogP contribution in [0.5, 0.6) is 0 Å². The molecule has 7 heteroatoms. The number of fused-ring (bicyclic) bond motifs is 1. The highest BCUT2D eigenvalue weighted by Crippen LogP contribution is 2.27. The average molecular weight is 429 g/mol. The van der Waals surface area contributed by atoms with Gasteiger partial charge in [-0.3, -0.25) is 9.48 Å². The second kappa shape index (κ2) is 9.79. The first kappa shape index (κ1) is 21.1. The first-order valence-electron chi connectivity index (χ1n) is 10.7. The topological polar surface area (TPSA) is 50.2 Å². The van der Waals surface area contributed by atoms with Crippen molar-refractivity contribution in [1.29, 1.82) is 0 Å². The minimum absolute atomic E-state index is 0.0707. The number of nitrogens with zero attached hydrogens (tertiary/aromatic N) is 3. The van der Waals surface area contributed by atoms with Crippen LogP contribution in [0.25, 0.3) is 0 Å². The fourth-order valence-electron chi connectivity index (χ4n) is 4.30. The van der Waals surface area contributed by atoms with Crippen LogP contribution in [0.15, 0.2) is 36.9 Å². The highest BCUT2D eigenvalue weighted by Gasteiger charge is 2.31. The molecule has 1 atom stereocenters. The van der Waals surface area contributed by atoms with Crippen LogP contribution in [0.3, 0.4) is 0 Å². The largest absolute Gasteiger partial charge is 0.336 e. The van der Waals surface area contributed by atoms with Crippen LogP contribution in [-0.4, -0.2) is 57.8 Å². The van der Waals surface area contributed by atoms with E-state index in [4.69, 9.17) is 5.10 Å². The van der Waals surface area contributed by atoms with Crippen molar-refractivity contribution in [2.24, 2.45) is 0 Å². The first-order valence-corrected chi connectivity index (χ1v) is 11.9. The smallest absolute Gasteiger partial charge is 0.274 e. The molecule has 1 aromatic carbocycles. The number of hydrogen-bond donors (Lipinski definition) is 1. The van der Waals surface area contributed by atoms with Crippen molar-refractivity contribution < 1.29 is 9.18 Å². The Bertz CT molecular complexity index is 889. The lowest BCUT2D eigenvalue weighted by Gasteiger charge is -2.27. The molecule has 1 unspecified atom stereocenters. The summed E-state index contributed by atoms with van der Waals surface area (Å²) in [6, 6.07) is 7.01. The van der Waals surface area contributed by atoms with Gasteiger partial charge in [0.1, 0.15) is 5.82 Å². The Hall–Kier alpha value is -2.12. The Balaban J connectivity index is 1.44. The maximum absolute atomic E-state index is 13.2. The van der Waals surface area contributed by atoms with Gasteiger partial charge in [0.15, 0.2) is 5.69 Å². The molecule has 0 spiro atoms. The predicted octanol–water partition coefficient (Wildman–Crippen LogP) is 3.09. The summed E-state index contributed by atoms with van der Waals surface area (Å²) in [5.41, 5.74) is 4.04. The molecular weight excluding hydrogens is 399 g/mol. The number of hydrogen-bond acceptors (Lipinski definition) is 4. The zero-order valence-electron chi connectivity index (χ0n) is 17.3. The van der Waals surface area contributed by atoms with Crippen LogP contribution in [0.1, 0.15) is 33.7 Å². The molecule has 0 radical (unpaired) electrons. The van der Waals surface area contributed by atoms with Crippen molar-refractivity contribution in [2.45, 2.75) is 38.3 Å². The molecule has 1 amide bonds. The molecule has 2 heterocycles.